The van der Waals surface area contributed by atoms with Crippen molar-refractivity contribution in [2.24, 2.45) is 4.99 Å². The number of amides is 1. The second-order valence-electron chi connectivity index (χ2n) is 7.01. The average Bonchev–Trinajstić information content (AvgIpc) is 2.99. The van der Waals surface area contributed by atoms with Gasteiger partial charge < -0.3 is 4.90 Å². The fourth-order valence-corrected chi connectivity index (χ4v) is 5.02. The Bertz CT molecular complexity index is 628. The third-order valence-corrected chi connectivity index (χ3v) is 6.19. The minimum absolute atomic E-state index is 0. The molecule has 0 bridgehead atoms. The number of aryl methyl sites for hydroxylation is 1. The Balaban J connectivity index is 0.00000243. The summed E-state index contributed by atoms with van der Waals surface area (Å²) in [4.78, 5) is 21.7. The van der Waals surface area contributed by atoms with E-state index in [2.05, 4.69) is 30.9 Å². The highest BCUT2D eigenvalue weighted by molar-refractivity contribution is 8.14. The largest absolute Gasteiger partial charge is 0.330 e. The summed E-state index contributed by atoms with van der Waals surface area (Å²) in [6.45, 7) is 6.76. The molecule has 26 heavy (non-hydrogen) atoms. The van der Waals surface area contributed by atoms with Gasteiger partial charge in [-0.1, -0.05) is 48.7 Å². The molecule has 1 saturated carbocycles. The molecule has 1 aliphatic heterocycles. The topological polar surface area (TPSA) is 35.9 Å². The van der Waals surface area contributed by atoms with Crippen LogP contribution in [0.3, 0.4) is 0 Å². The van der Waals surface area contributed by atoms with Crippen LogP contribution in [-0.4, -0.2) is 40.5 Å². The second kappa shape index (κ2) is 9.65. The predicted octanol–water partition coefficient (Wildman–Crippen LogP) is 4.85. The second-order valence-corrected chi connectivity index (χ2v) is 7.99. The third kappa shape index (κ3) is 4.74. The highest BCUT2D eigenvalue weighted by Gasteiger charge is 2.36. The molecule has 6 heteroatoms. The zero-order valence-electron chi connectivity index (χ0n) is 16.0. The van der Waals surface area contributed by atoms with Crippen LogP contribution in [0.15, 0.2) is 29.3 Å². The summed E-state index contributed by atoms with van der Waals surface area (Å²) in [5.41, 5.74) is 2.18. The van der Waals surface area contributed by atoms with Crippen molar-refractivity contribution in [2.75, 3.05) is 17.2 Å². The molecule has 1 aliphatic carbocycles. The monoisotopic (exact) mass is 395 g/mol. The van der Waals surface area contributed by atoms with Crippen molar-refractivity contribution < 1.29 is 4.79 Å². The number of hydrogen-bond acceptors (Lipinski definition) is 3. The number of carbonyl (C=O) groups is 1. The molecule has 3 rings (SSSR count). The lowest BCUT2D eigenvalue weighted by molar-refractivity contribution is -0.117. The zero-order chi connectivity index (χ0) is 17.8. The van der Waals surface area contributed by atoms with Crippen LogP contribution in [0.4, 0.5) is 5.69 Å². The van der Waals surface area contributed by atoms with Gasteiger partial charge in [-0.15, -0.1) is 12.4 Å². The van der Waals surface area contributed by atoms with Crippen molar-refractivity contribution in [3.8, 4) is 0 Å². The van der Waals surface area contributed by atoms with E-state index in [4.69, 9.17) is 4.99 Å². The summed E-state index contributed by atoms with van der Waals surface area (Å²) in [6, 6.07) is 8.70. The zero-order valence-corrected chi connectivity index (χ0v) is 17.6. The first kappa shape index (κ1) is 21.1. The molecule has 4 nitrogen and oxygen atoms in total. The van der Waals surface area contributed by atoms with E-state index >= 15 is 0 Å². The van der Waals surface area contributed by atoms with Crippen LogP contribution in [0.5, 0.6) is 0 Å². The first-order chi connectivity index (χ1) is 12.1. The van der Waals surface area contributed by atoms with Gasteiger partial charge in [0.05, 0.1) is 6.04 Å². The summed E-state index contributed by atoms with van der Waals surface area (Å²) in [7, 11) is 0. The van der Waals surface area contributed by atoms with Gasteiger partial charge in [0.1, 0.15) is 6.17 Å². The van der Waals surface area contributed by atoms with E-state index < -0.39 is 0 Å². The van der Waals surface area contributed by atoms with Crippen LogP contribution in [0.2, 0.25) is 0 Å². The Hall–Kier alpha value is -1.20. The molecule has 144 valence electrons. The smallest absolute Gasteiger partial charge is 0.225 e. The molecule has 1 aromatic rings. The molecule has 1 unspecified atom stereocenters. The van der Waals surface area contributed by atoms with E-state index in [1.807, 2.05) is 17.0 Å². The molecule has 1 saturated heterocycles. The SMILES string of the molecule is CCN1C(=NC2CCCCC2)SCC1N(C(C)=O)c1ccc(C)cc1.Cl. The first-order valence-corrected chi connectivity index (χ1v) is 10.4. The fourth-order valence-electron chi connectivity index (χ4n) is 3.76. The Labute approximate surface area is 167 Å². The van der Waals surface area contributed by atoms with Crippen LogP contribution < -0.4 is 4.90 Å². The van der Waals surface area contributed by atoms with Crippen molar-refractivity contribution in [1.29, 1.82) is 0 Å². The van der Waals surface area contributed by atoms with Gasteiger partial charge in [-0.05, 0) is 38.8 Å². The lowest BCUT2D eigenvalue weighted by Crippen LogP contribution is -2.50. The maximum Gasteiger partial charge on any atom is 0.225 e. The van der Waals surface area contributed by atoms with E-state index in [-0.39, 0.29) is 24.5 Å². The predicted molar refractivity (Wildman–Crippen MR) is 115 cm³/mol. The molecule has 2 fully saturated rings. The van der Waals surface area contributed by atoms with Gasteiger partial charge in [0.15, 0.2) is 5.17 Å². The minimum Gasteiger partial charge on any atom is -0.330 e. The van der Waals surface area contributed by atoms with E-state index in [0.29, 0.717) is 6.04 Å². The standard InChI is InChI=1S/C20H29N3OS.ClH/c1-4-22-19(14-25-20(22)21-17-8-6-5-7-9-17)23(16(3)24)18-12-10-15(2)11-13-18;/h10-13,17,19H,4-9,14H2,1-3H3;1H. The molecular weight excluding hydrogens is 366 g/mol. The summed E-state index contributed by atoms with van der Waals surface area (Å²) in [6.07, 6.45) is 6.41. The number of carbonyl (C=O) groups excluding carboxylic acids is 1. The molecule has 1 amide bonds. The van der Waals surface area contributed by atoms with Crippen molar-refractivity contribution in [1.82, 2.24) is 4.90 Å². The molecule has 1 aromatic carbocycles. The maximum atomic E-state index is 12.4. The summed E-state index contributed by atoms with van der Waals surface area (Å²) in [5, 5.41) is 1.12. The van der Waals surface area contributed by atoms with Gasteiger partial charge in [0.25, 0.3) is 0 Å². The Morgan fingerprint density at radius 1 is 1.23 bits per heavy atom. The average molecular weight is 396 g/mol. The number of amidine groups is 1. The highest BCUT2D eigenvalue weighted by Crippen LogP contribution is 2.32. The molecule has 1 heterocycles. The van der Waals surface area contributed by atoms with Crippen LogP contribution in [0.1, 0.15) is 51.5 Å². The van der Waals surface area contributed by atoms with Gasteiger partial charge in [0, 0.05) is 24.9 Å². The normalized spacial score (nSPS) is 22.3. The van der Waals surface area contributed by atoms with Gasteiger partial charge in [-0.2, -0.15) is 0 Å². The molecule has 1 atom stereocenters. The van der Waals surface area contributed by atoms with E-state index in [1.54, 1.807) is 18.7 Å². The quantitative estimate of drug-likeness (QED) is 0.730. The molecule has 0 N–H and O–H groups in total. The lowest BCUT2D eigenvalue weighted by atomic mass is 9.96. The van der Waals surface area contributed by atoms with Crippen LogP contribution in [-0.2, 0) is 4.79 Å². The summed E-state index contributed by atoms with van der Waals surface area (Å²) in [5.74, 6) is 0.971. The number of benzene rings is 1. The van der Waals surface area contributed by atoms with Gasteiger partial charge in [-0.3, -0.25) is 14.7 Å². The molecule has 0 aromatic heterocycles. The number of halogens is 1. The summed E-state index contributed by atoms with van der Waals surface area (Å²) < 4.78 is 0. The molecule has 2 aliphatic rings. The van der Waals surface area contributed by atoms with Gasteiger partial charge >= 0.3 is 0 Å². The molecule has 0 spiro atoms. The minimum atomic E-state index is 0. The maximum absolute atomic E-state index is 12.4. The first-order valence-electron chi connectivity index (χ1n) is 9.44. The molecular formula is C20H30ClN3OS. The lowest BCUT2D eigenvalue weighted by Gasteiger charge is -2.34. The van der Waals surface area contributed by atoms with Crippen LogP contribution in [0, 0.1) is 6.92 Å². The Morgan fingerprint density at radius 2 is 1.88 bits per heavy atom. The number of thioether (sulfide) groups is 1. The van der Waals surface area contributed by atoms with Gasteiger partial charge in [0.2, 0.25) is 5.91 Å². The van der Waals surface area contributed by atoms with Crippen molar-refractivity contribution in [3.05, 3.63) is 29.8 Å². The Kier molecular flexibility index (Phi) is 7.84. The van der Waals surface area contributed by atoms with Crippen molar-refractivity contribution in [2.45, 2.75) is 65.1 Å². The van der Waals surface area contributed by atoms with E-state index in [9.17, 15) is 4.79 Å². The van der Waals surface area contributed by atoms with Crippen molar-refractivity contribution >= 4 is 40.9 Å². The van der Waals surface area contributed by atoms with Crippen molar-refractivity contribution in [3.63, 3.8) is 0 Å². The third-order valence-electron chi connectivity index (χ3n) is 5.12. The fraction of sp³-hybridized carbons (Fsp3) is 0.600. The van der Waals surface area contributed by atoms with Crippen LogP contribution in [0.25, 0.3) is 0 Å². The number of rotatable bonds is 4. The summed E-state index contributed by atoms with van der Waals surface area (Å²) >= 11 is 1.80. The number of aliphatic imine (C=N–C) groups is 1. The van der Waals surface area contributed by atoms with E-state index in [1.165, 1.54) is 37.7 Å². The highest BCUT2D eigenvalue weighted by atomic mass is 35.5. The molecule has 0 radical (unpaired) electrons. The number of hydrogen-bond donors (Lipinski definition) is 0. The van der Waals surface area contributed by atoms with E-state index in [0.717, 1.165) is 23.2 Å². The number of nitrogens with zero attached hydrogens (tertiary/aromatic N) is 3. The Morgan fingerprint density at radius 3 is 2.46 bits per heavy atom. The number of anilines is 1. The van der Waals surface area contributed by atoms with Crippen LogP contribution >= 0.6 is 24.2 Å². The van der Waals surface area contributed by atoms with Gasteiger partial charge in [-0.25, -0.2) is 0 Å².